The first-order valence-electron chi connectivity index (χ1n) is 5.84. The number of carbonyl (C=O) groups is 1. The molecule has 0 saturated heterocycles. The first kappa shape index (κ1) is 14.0. The molecule has 0 bridgehead atoms. The van der Waals surface area contributed by atoms with Crippen molar-refractivity contribution in [3.05, 3.63) is 11.9 Å². The molecule has 0 radical (unpaired) electrons. The van der Waals surface area contributed by atoms with Gasteiger partial charge in [0.05, 0.1) is 0 Å². The Labute approximate surface area is 107 Å². The Morgan fingerprint density at radius 1 is 1.39 bits per heavy atom. The van der Waals surface area contributed by atoms with Gasteiger partial charge in [0.1, 0.15) is 18.0 Å². The molecule has 0 aliphatic heterocycles. The number of amides is 2. The lowest BCUT2D eigenvalue weighted by Gasteiger charge is -2.13. The lowest BCUT2D eigenvalue weighted by Crippen LogP contribution is -2.37. The first-order valence-corrected chi connectivity index (χ1v) is 5.84. The van der Waals surface area contributed by atoms with Crippen LogP contribution >= 0.6 is 0 Å². The second kappa shape index (κ2) is 6.63. The minimum atomic E-state index is -0.116. The molecule has 2 amide bonds. The third-order valence-corrected chi connectivity index (χ3v) is 2.43. The van der Waals surface area contributed by atoms with Crippen LogP contribution in [0.15, 0.2) is 6.33 Å². The topological polar surface area (TPSA) is 96.2 Å². The van der Waals surface area contributed by atoms with Gasteiger partial charge in [-0.05, 0) is 6.42 Å². The van der Waals surface area contributed by atoms with Gasteiger partial charge >= 0.3 is 6.03 Å². The molecule has 0 aliphatic carbocycles. The summed E-state index contributed by atoms with van der Waals surface area (Å²) in [6, 6.07) is -0.116. The van der Waals surface area contributed by atoms with Crippen molar-refractivity contribution in [2.45, 2.75) is 13.3 Å². The SMILES string of the molecule is CCc1c(N)ncnc1NCCNC(=O)N(C)C. The van der Waals surface area contributed by atoms with E-state index in [0.29, 0.717) is 18.9 Å². The second-order valence-electron chi connectivity index (χ2n) is 3.99. The predicted octanol–water partition coefficient (Wildman–Crippen LogP) is 0.304. The number of rotatable bonds is 5. The van der Waals surface area contributed by atoms with Gasteiger partial charge in [0, 0.05) is 32.7 Å². The number of aromatic nitrogens is 2. The number of nitrogen functional groups attached to an aromatic ring is 1. The zero-order valence-electron chi connectivity index (χ0n) is 11.0. The molecule has 0 unspecified atom stereocenters. The summed E-state index contributed by atoms with van der Waals surface area (Å²) in [4.78, 5) is 20.8. The molecule has 18 heavy (non-hydrogen) atoms. The fourth-order valence-corrected chi connectivity index (χ4v) is 1.44. The summed E-state index contributed by atoms with van der Waals surface area (Å²) in [6.45, 7) is 3.10. The molecular weight excluding hydrogens is 232 g/mol. The highest BCUT2D eigenvalue weighted by Gasteiger charge is 2.06. The minimum Gasteiger partial charge on any atom is -0.383 e. The van der Waals surface area contributed by atoms with Gasteiger partial charge in [-0.25, -0.2) is 14.8 Å². The van der Waals surface area contributed by atoms with Gasteiger partial charge in [-0.2, -0.15) is 0 Å². The molecule has 0 atom stereocenters. The standard InChI is InChI=1S/C11H20N6O/c1-4-8-9(12)15-7-16-10(8)13-5-6-14-11(18)17(2)3/h7H,4-6H2,1-3H3,(H,14,18)(H3,12,13,15,16). The Balaban J connectivity index is 2.45. The van der Waals surface area contributed by atoms with Gasteiger partial charge in [-0.3, -0.25) is 0 Å². The van der Waals surface area contributed by atoms with Crippen LogP contribution in [0.2, 0.25) is 0 Å². The van der Waals surface area contributed by atoms with Crippen LogP contribution in [0.4, 0.5) is 16.4 Å². The molecule has 0 spiro atoms. The summed E-state index contributed by atoms with van der Waals surface area (Å²) in [7, 11) is 3.39. The maximum atomic E-state index is 11.3. The summed E-state index contributed by atoms with van der Waals surface area (Å²) in [5.74, 6) is 1.22. The highest BCUT2D eigenvalue weighted by molar-refractivity contribution is 5.73. The van der Waals surface area contributed by atoms with Crippen molar-refractivity contribution < 1.29 is 4.79 Å². The molecule has 1 rings (SSSR count). The van der Waals surface area contributed by atoms with E-state index in [1.807, 2.05) is 6.92 Å². The molecular formula is C11H20N6O. The Morgan fingerprint density at radius 3 is 2.72 bits per heavy atom. The monoisotopic (exact) mass is 252 g/mol. The number of carbonyl (C=O) groups excluding carboxylic acids is 1. The molecule has 7 heteroatoms. The highest BCUT2D eigenvalue weighted by Crippen LogP contribution is 2.16. The summed E-state index contributed by atoms with van der Waals surface area (Å²) < 4.78 is 0. The van der Waals surface area contributed by atoms with E-state index in [-0.39, 0.29) is 6.03 Å². The van der Waals surface area contributed by atoms with E-state index in [1.54, 1.807) is 14.1 Å². The molecule has 0 aliphatic rings. The number of nitrogens with two attached hydrogens (primary N) is 1. The van der Waals surface area contributed by atoms with Gasteiger partial charge in [-0.15, -0.1) is 0 Å². The normalized spacial score (nSPS) is 9.94. The molecule has 1 aromatic heterocycles. The number of hydrogen-bond donors (Lipinski definition) is 3. The fourth-order valence-electron chi connectivity index (χ4n) is 1.44. The lowest BCUT2D eigenvalue weighted by atomic mass is 10.2. The van der Waals surface area contributed by atoms with E-state index >= 15 is 0 Å². The Morgan fingerprint density at radius 2 is 2.11 bits per heavy atom. The molecule has 0 saturated carbocycles. The fraction of sp³-hybridized carbons (Fsp3) is 0.545. The summed E-state index contributed by atoms with van der Waals surface area (Å²) in [5, 5.41) is 5.89. The molecule has 4 N–H and O–H groups in total. The zero-order valence-corrected chi connectivity index (χ0v) is 11.0. The van der Waals surface area contributed by atoms with E-state index < -0.39 is 0 Å². The number of nitrogens with one attached hydrogen (secondary N) is 2. The van der Waals surface area contributed by atoms with Crippen LogP contribution in [0.25, 0.3) is 0 Å². The van der Waals surface area contributed by atoms with Crippen LogP contribution in [0.3, 0.4) is 0 Å². The van der Waals surface area contributed by atoms with Crippen molar-refractivity contribution in [2.75, 3.05) is 38.2 Å². The summed E-state index contributed by atoms with van der Waals surface area (Å²) in [5.41, 5.74) is 6.66. The lowest BCUT2D eigenvalue weighted by molar-refractivity contribution is 0.218. The predicted molar refractivity (Wildman–Crippen MR) is 71.4 cm³/mol. The maximum Gasteiger partial charge on any atom is 0.316 e. The molecule has 7 nitrogen and oxygen atoms in total. The Hall–Kier alpha value is -2.05. The third-order valence-electron chi connectivity index (χ3n) is 2.43. The molecule has 100 valence electrons. The van der Waals surface area contributed by atoms with Crippen LogP contribution in [0.1, 0.15) is 12.5 Å². The van der Waals surface area contributed by atoms with E-state index in [9.17, 15) is 4.79 Å². The van der Waals surface area contributed by atoms with Crippen molar-refractivity contribution in [1.82, 2.24) is 20.2 Å². The van der Waals surface area contributed by atoms with Crippen molar-refractivity contribution in [3.63, 3.8) is 0 Å². The van der Waals surface area contributed by atoms with Gasteiger partial charge in [-0.1, -0.05) is 6.92 Å². The maximum absolute atomic E-state index is 11.3. The molecule has 0 fully saturated rings. The van der Waals surface area contributed by atoms with Crippen LogP contribution in [0, 0.1) is 0 Å². The van der Waals surface area contributed by atoms with Crippen LogP contribution < -0.4 is 16.4 Å². The highest BCUT2D eigenvalue weighted by atomic mass is 16.2. The van der Waals surface area contributed by atoms with Gasteiger partial charge in [0.15, 0.2) is 0 Å². The molecule has 0 aromatic carbocycles. The molecule has 1 aromatic rings. The molecule has 1 heterocycles. The Bertz CT molecular complexity index is 407. The van der Waals surface area contributed by atoms with Crippen LogP contribution in [-0.4, -0.2) is 48.1 Å². The second-order valence-corrected chi connectivity index (χ2v) is 3.99. The minimum absolute atomic E-state index is 0.116. The quantitative estimate of drug-likeness (QED) is 0.655. The van der Waals surface area contributed by atoms with Crippen molar-refractivity contribution in [1.29, 1.82) is 0 Å². The average Bonchev–Trinajstić information content (AvgIpc) is 2.34. The average molecular weight is 252 g/mol. The summed E-state index contributed by atoms with van der Waals surface area (Å²) >= 11 is 0. The Kier molecular flexibility index (Phi) is 5.16. The first-order chi connectivity index (χ1) is 8.56. The van der Waals surface area contributed by atoms with Gasteiger partial charge in [0.25, 0.3) is 0 Å². The number of nitrogens with zero attached hydrogens (tertiary/aromatic N) is 3. The smallest absolute Gasteiger partial charge is 0.316 e. The third kappa shape index (κ3) is 3.76. The number of urea groups is 1. The van der Waals surface area contributed by atoms with Gasteiger partial charge < -0.3 is 21.3 Å². The number of anilines is 2. The van der Waals surface area contributed by atoms with E-state index in [0.717, 1.165) is 17.8 Å². The van der Waals surface area contributed by atoms with Gasteiger partial charge in [0.2, 0.25) is 0 Å². The van der Waals surface area contributed by atoms with Crippen molar-refractivity contribution in [2.24, 2.45) is 0 Å². The van der Waals surface area contributed by atoms with Crippen molar-refractivity contribution in [3.8, 4) is 0 Å². The van der Waals surface area contributed by atoms with E-state index in [4.69, 9.17) is 5.73 Å². The number of hydrogen-bond acceptors (Lipinski definition) is 5. The largest absolute Gasteiger partial charge is 0.383 e. The zero-order chi connectivity index (χ0) is 13.5. The van der Waals surface area contributed by atoms with Crippen LogP contribution in [0.5, 0.6) is 0 Å². The van der Waals surface area contributed by atoms with Crippen molar-refractivity contribution >= 4 is 17.7 Å². The van der Waals surface area contributed by atoms with E-state index in [2.05, 4.69) is 20.6 Å². The van der Waals surface area contributed by atoms with Crippen LogP contribution in [-0.2, 0) is 6.42 Å². The van der Waals surface area contributed by atoms with E-state index in [1.165, 1.54) is 11.2 Å². The summed E-state index contributed by atoms with van der Waals surface area (Å²) in [6.07, 6.45) is 2.19.